The maximum atomic E-state index is 12.4. The lowest BCUT2D eigenvalue weighted by Gasteiger charge is -2.30. The molecule has 3 heterocycles. The Hall–Kier alpha value is -1.84. The SMILES string of the molecule is FC(F)(F)COc1nc(N2CCCCC2)nc(N2CCOCC2)n1. The number of aromatic nitrogens is 3. The van der Waals surface area contributed by atoms with E-state index in [0.29, 0.717) is 38.2 Å². The van der Waals surface area contributed by atoms with E-state index in [0.717, 1.165) is 32.4 Å². The van der Waals surface area contributed by atoms with Crippen LogP contribution < -0.4 is 14.5 Å². The molecule has 24 heavy (non-hydrogen) atoms. The Bertz CT molecular complexity index is 509. The average molecular weight is 347 g/mol. The van der Waals surface area contributed by atoms with E-state index in [1.165, 1.54) is 0 Å². The molecule has 0 amide bonds. The van der Waals surface area contributed by atoms with Crippen molar-refractivity contribution in [3.05, 3.63) is 0 Å². The molecule has 134 valence electrons. The number of morpholine rings is 1. The van der Waals surface area contributed by atoms with Crippen LogP contribution in [0.1, 0.15) is 19.3 Å². The number of nitrogens with zero attached hydrogens (tertiary/aromatic N) is 5. The number of alkyl halides is 3. The van der Waals surface area contributed by atoms with Crippen LogP contribution in [0.2, 0.25) is 0 Å². The summed E-state index contributed by atoms with van der Waals surface area (Å²) in [6.45, 7) is 2.38. The molecule has 2 saturated heterocycles. The van der Waals surface area contributed by atoms with Crippen LogP contribution in [0, 0.1) is 0 Å². The maximum Gasteiger partial charge on any atom is 0.422 e. The molecule has 1 aromatic rings. The number of halogens is 3. The van der Waals surface area contributed by atoms with Crippen molar-refractivity contribution in [3.63, 3.8) is 0 Å². The number of hydrogen-bond donors (Lipinski definition) is 0. The number of ether oxygens (including phenoxy) is 2. The summed E-state index contributed by atoms with van der Waals surface area (Å²) in [5, 5.41) is 0. The summed E-state index contributed by atoms with van der Waals surface area (Å²) >= 11 is 0. The molecule has 0 radical (unpaired) electrons. The van der Waals surface area contributed by atoms with Gasteiger partial charge in [0, 0.05) is 26.2 Å². The highest BCUT2D eigenvalue weighted by atomic mass is 19.4. The van der Waals surface area contributed by atoms with Gasteiger partial charge in [0.2, 0.25) is 11.9 Å². The van der Waals surface area contributed by atoms with Crippen LogP contribution in [0.15, 0.2) is 0 Å². The fraction of sp³-hybridized carbons (Fsp3) is 0.786. The molecule has 0 aromatic carbocycles. The molecule has 0 aliphatic carbocycles. The summed E-state index contributed by atoms with van der Waals surface area (Å²) in [6.07, 6.45) is -1.28. The van der Waals surface area contributed by atoms with E-state index >= 15 is 0 Å². The van der Waals surface area contributed by atoms with Gasteiger partial charge in [0.25, 0.3) is 0 Å². The summed E-state index contributed by atoms with van der Waals surface area (Å²) < 4.78 is 47.3. The lowest BCUT2D eigenvalue weighted by atomic mass is 10.1. The van der Waals surface area contributed by atoms with Crippen LogP contribution in [-0.4, -0.2) is 67.1 Å². The third-order valence-corrected chi connectivity index (χ3v) is 3.89. The van der Waals surface area contributed by atoms with Crippen LogP contribution in [0.4, 0.5) is 25.1 Å². The van der Waals surface area contributed by atoms with E-state index in [9.17, 15) is 13.2 Å². The molecule has 0 unspecified atom stereocenters. The van der Waals surface area contributed by atoms with E-state index in [-0.39, 0.29) is 6.01 Å². The van der Waals surface area contributed by atoms with Crippen LogP contribution in [0.5, 0.6) is 6.01 Å². The molecule has 0 atom stereocenters. The van der Waals surface area contributed by atoms with Crippen molar-refractivity contribution >= 4 is 11.9 Å². The Labute approximate surface area is 137 Å². The van der Waals surface area contributed by atoms with Gasteiger partial charge in [-0.15, -0.1) is 0 Å². The summed E-state index contributed by atoms with van der Waals surface area (Å²) in [5.41, 5.74) is 0. The summed E-state index contributed by atoms with van der Waals surface area (Å²) in [6, 6.07) is -0.288. The van der Waals surface area contributed by atoms with Gasteiger partial charge in [-0.2, -0.15) is 28.1 Å². The molecular formula is C14H20F3N5O2. The van der Waals surface area contributed by atoms with Crippen molar-refractivity contribution in [1.82, 2.24) is 15.0 Å². The summed E-state index contributed by atoms with van der Waals surface area (Å²) in [7, 11) is 0. The minimum Gasteiger partial charge on any atom is -0.454 e. The summed E-state index contributed by atoms with van der Waals surface area (Å²) in [4.78, 5) is 16.4. The third kappa shape index (κ3) is 4.59. The summed E-state index contributed by atoms with van der Waals surface area (Å²) in [5.74, 6) is 0.717. The van der Waals surface area contributed by atoms with Gasteiger partial charge in [0.1, 0.15) is 0 Å². The highest BCUT2D eigenvalue weighted by Crippen LogP contribution is 2.23. The Morgan fingerprint density at radius 3 is 2.04 bits per heavy atom. The highest BCUT2D eigenvalue weighted by molar-refractivity contribution is 5.41. The molecule has 0 spiro atoms. The maximum absolute atomic E-state index is 12.4. The molecule has 7 nitrogen and oxygen atoms in total. The first-order valence-electron chi connectivity index (χ1n) is 8.04. The molecule has 2 fully saturated rings. The van der Waals surface area contributed by atoms with E-state index in [2.05, 4.69) is 15.0 Å². The van der Waals surface area contributed by atoms with E-state index in [1.54, 1.807) is 0 Å². The monoisotopic (exact) mass is 347 g/mol. The fourth-order valence-electron chi connectivity index (χ4n) is 2.69. The molecular weight excluding hydrogens is 327 g/mol. The first-order chi connectivity index (χ1) is 11.5. The van der Waals surface area contributed by atoms with Crippen molar-refractivity contribution in [2.75, 3.05) is 55.8 Å². The first kappa shape index (κ1) is 17.0. The third-order valence-electron chi connectivity index (χ3n) is 3.89. The molecule has 2 aliphatic rings. The average Bonchev–Trinajstić information content (AvgIpc) is 2.61. The predicted octanol–water partition coefficient (Wildman–Crippen LogP) is 1.64. The second-order valence-corrected chi connectivity index (χ2v) is 5.77. The van der Waals surface area contributed by atoms with E-state index in [1.807, 2.05) is 9.80 Å². The standard InChI is InChI=1S/C14H20F3N5O2/c15-14(16,17)10-24-13-19-11(21-4-2-1-3-5-21)18-12(20-13)22-6-8-23-9-7-22/h1-10H2. The van der Waals surface area contributed by atoms with Crippen molar-refractivity contribution in [2.24, 2.45) is 0 Å². The first-order valence-corrected chi connectivity index (χ1v) is 8.04. The molecule has 0 bridgehead atoms. The Morgan fingerprint density at radius 2 is 1.46 bits per heavy atom. The van der Waals surface area contributed by atoms with Crippen molar-refractivity contribution < 1.29 is 22.6 Å². The van der Waals surface area contributed by atoms with Crippen LogP contribution in [0.25, 0.3) is 0 Å². The Kier molecular flexibility index (Phi) is 5.22. The Balaban J connectivity index is 1.83. The van der Waals surface area contributed by atoms with Crippen LogP contribution in [-0.2, 0) is 4.74 Å². The van der Waals surface area contributed by atoms with Gasteiger partial charge in [-0.3, -0.25) is 0 Å². The smallest absolute Gasteiger partial charge is 0.422 e. The predicted molar refractivity (Wildman–Crippen MR) is 80.5 cm³/mol. The quantitative estimate of drug-likeness (QED) is 0.820. The molecule has 3 rings (SSSR count). The molecule has 2 aliphatic heterocycles. The second-order valence-electron chi connectivity index (χ2n) is 5.77. The largest absolute Gasteiger partial charge is 0.454 e. The Morgan fingerprint density at radius 1 is 0.875 bits per heavy atom. The number of anilines is 2. The van der Waals surface area contributed by atoms with Crippen molar-refractivity contribution in [2.45, 2.75) is 25.4 Å². The normalized spacial score (nSPS) is 19.5. The number of hydrogen-bond acceptors (Lipinski definition) is 7. The van der Waals surface area contributed by atoms with Gasteiger partial charge < -0.3 is 19.3 Å². The van der Waals surface area contributed by atoms with Gasteiger partial charge in [0.15, 0.2) is 6.61 Å². The second kappa shape index (κ2) is 7.37. The number of rotatable bonds is 4. The molecule has 0 saturated carbocycles. The lowest BCUT2D eigenvalue weighted by Crippen LogP contribution is -2.38. The topological polar surface area (TPSA) is 63.6 Å². The zero-order valence-electron chi connectivity index (χ0n) is 13.3. The minimum absolute atomic E-state index is 0.288. The fourth-order valence-corrected chi connectivity index (χ4v) is 2.69. The molecule has 1 aromatic heterocycles. The van der Waals surface area contributed by atoms with Gasteiger partial charge >= 0.3 is 12.2 Å². The van der Waals surface area contributed by atoms with Crippen LogP contribution >= 0.6 is 0 Å². The zero-order valence-corrected chi connectivity index (χ0v) is 13.3. The van der Waals surface area contributed by atoms with Crippen molar-refractivity contribution in [1.29, 1.82) is 0 Å². The molecule has 10 heteroatoms. The van der Waals surface area contributed by atoms with Crippen molar-refractivity contribution in [3.8, 4) is 6.01 Å². The van der Waals surface area contributed by atoms with E-state index in [4.69, 9.17) is 9.47 Å². The number of piperidine rings is 1. The van der Waals surface area contributed by atoms with E-state index < -0.39 is 12.8 Å². The zero-order chi connectivity index (χ0) is 17.0. The minimum atomic E-state index is -4.43. The van der Waals surface area contributed by atoms with Gasteiger partial charge in [-0.05, 0) is 19.3 Å². The highest BCUT2D eigenvalue weighted by Gasteiger charge is 2.30. The lowest BCUT2D eigenvalue weighted by molar-refractivity contribution is -0.154. The molecule has 0 N–H and O–H groups in total. The van der Waals surface area contributed by atoms with Gasteiger partial charge in [-0.25, -0.2) is 0 Å². The van der Waals surface area contributed by atoms with Crippen LogP contribution in [0.3, 0.4) is 0 Å². The van der Waals surface area contributed by atoms with Gasteiger partial charge in [-0.1, -0.05) is 0 Å². The van der Waals surface area contributed by atoms with Gasteiger partial charge in [0.05, 0.1) is 13.2 Å².